The van der Waals surface area contributed by atoms with E-state index < -0.39 is 23.6 Å². The molecule has 0 aliphatic rings. The van der Waals surface area contributed by atoms with Gasteiger partial charge in [-0.25, -0.2) is 4.39 Å². The molecule has 0 aliphatic carbocycles. The number of hydrogen-bond donors (Lipinski definition) is 1. The van der Waals surface area contributed by atoms with Gasteiger partial charge in [-0.1, -0.05) is 6.07 Å². The Labute approximate surface area is 111 Å². The third-order valence-electron chi connectivity index (χ3n) is 2.68. The van der Waals surface area contributed by atoms with Gasteiger partial charge in [0.15, 0.2) is 5.82 Å². The highest BCUT2D eigenvalue weighted by Crippen LogP contribution is 2.33. The maximum atomic E-state index is 13.2. The Bertz CT molecular complexity index is 607. The number of benzene rings is 1. The van der Waals surface area contributed by atoms with E-state index >= 15 is 0 Å². The highest BCUT2D eigenvalue weighted by atomic mass is 19.4. The lowest BCUT2D eigenvalue weighted by Crippen LogP contribution is -2.16. The van der Waals surface area contributed by atoms with Gasteiger partial charge in [-0.05, 0) is 22.9 Å². The number of alkyl halides is 3. The molecule has 1 aromatic heterocycles. The zero-order valence-electron chi connectivity index (χ0n) is 10.4. The maximum absolute atomic E-state index is 13.2. The van der Waals surface area contributed by atoms with Crippen molar-refractivity contribution >= 4 is 0 Å². The molecule has 108 valence electrons. The van der Waals surface area contributed by atoms with Crippen molar-refractivity contribution in [1.29, 1.82) is 0 Å². The van der Waals surface area contributed by atoms with E-state index in [0.717, 1.165) is 6.07 Å². The summed E-state index contributed by atoms with van der Waals surface area (Å²) < 4.78 is 51.0. The van der Waals surface area contributed by atoms with Gasteiger partial charge < -0.3 is 5.73 Å². The molecule has 2 N–H and O–H groups in total. The molecule has 0 spiro atoms. The predicted molar refractivity (Wildman–Crippen MR) is 60.8 cm³/mol. The monoisotopic (exact) mass is 289 g/mol. The van der Waals surface area contributed by atoms with Gasteiger partial charge in [0.25, 0.3) is 0 Å². The minimum atomic E-state index is -4.76. The predicted octanol–water partition coefficient (Wildman–Crippen LogP) is 1.61. The Balaban J connectivity index is 2.24. The number of hydrogen-bond acceptors (Lipinski definition) is 4. The molecule has 1 atom stereocenters. The fraction of sp³-hybridized carbons (Fsp3) is 0.364. The Morgan fingerprint density at radius 3 is 2.60 bits per heavy atom. The van der Waals surface area contributed by atoms with Gasteiger partial charge in [-0.3, -0.25) is 0 Å². The number of aryl methyl sites for hydroxylation is 1. The summed E-state index contributed by atoms with van der Waals surface area (Å²) in [6, 6.07) is 1.89. The molecule has 1 unspecified atom stereocenters. The van der Waals surface area contributed by atoms with Crippen LogP contribution in [0.25, 0.3) is 0 Å². The molecule has 5 nitrogen and oxygen atoms in total. The van der Waals surface area contributed by atoms with Crippen molar-refractivity contribution < 1.29 is 17.6 Å². The average molecular weight is 289 g/mol. The zero-order valence-corrected chi connectivity index (χ0v) is 10.4. The van der Waals surface area contributed by atoms with Gasteiger partial charge in [0.05, 0.1) is 12.6 Å². The Morgan fingerprint density at radius 1 is 1.35 bits per heavy atom. The van der Waals surface area contributed by atoms with E-state index in [1.807, 2.05) is 0 Å². The molecule has 0 saturated carbocycles. The molecule has 9 heteroatoms. The first-order chi connectivity index (χ1) is 9.27. The first-order valence-electron chi connectivity index (χ1n) is 5.62. The molecular weight excluding hydrogens is 278 g/mol. The van der Waals surface area contributed by atoms with Crippen LogP contribution in [0.4, 0.5) is 17.6 Å². The second kappa shape index (κ2) is 5.16. The van der Waals surface area contributed by atoms with Crippen LogP contribution in [0.3, 0.4) is 0 Å². The third-order valence-corrected chi connectivity index (χ3v) is 2.68. The fourth-order valence-electron chi connectivity index (χ4n) is 1.71. The van der Waals surface area contributed by atoms with Crippen molar-refractivity contribution in [2.24, 2.45) is 12.8 Å². The van der Waals surface area contributed by atoms with Crippen LogP contribution in [0.5, 0.6) is 0 Å². The van der Waals surface area contributed by atoms with Gasteiger partial charge in [0.2, 0.25) is 0 Å². The Morgan fingerprint density at radius 2 is 2.05 bits per heavy atom. The van der Waals surface area contributed by atoms with E-state index in [2.05, 4.69) is 15.4 Å². The second-order valence-corrected chi connectivity index (χ2v) is 4.24. The summed E-state index contributed by atoms with van der Waals surface area (Å²) >= 11 is 0. The number of nitrogens with two attached hydrogens (primary N) is 1. The van der Waals surface area contributed by atoms with Crippen molar-refractivity contribution in [2.75, 3.05) is 0 Å². The van der Waals surface area contributed by atoms with Crippen LogP contribution in [0.15, 0.2) is 18.2 Å². The summed E-state index contributed by atoms with van der Waals surface area (Å²) in [5, 5.41) is 11.2. The second-order valence-electron chi connectivity index (χ2n) is 4.24. The molecule has 0 saturated heterocycles. The average Bonchev–Trinajstić information content (AvgIpc) is 2.73. The van der Waals surface area contributed by atoms with Crippen LogP contribution < -0.4 is 5.73 Å². The van der Waals surface area contributed by atoms with Crippen molar-refractivity contribution in [3.05, 3.63) is 41.0 Å². The molecule has 1 heterocycles. The van der Waals surface area contributed by atoms with Crippen molar-refractivity contribution in [1.82, 2.24) is 20.2 Å². The van der Waals surface area contributed by atoms with E-state index in [9.17, 15) is 17.6 Å². The number of nitrogens with zero attached hydrogens (tertiary/aromatic N) is 4. The maximum Gasteiger partial charge on any atom is 0.419 e. The van der Waals surface area contributed by atoms with Gasteiger partial charge in [0, 0.05) is 12.5 Å². The van der Waals surface area contributed by atoms with Gasteiger partial charge in [-0.15, -0.1) is 10.2 Å². The van der Waals surface area contributed by atoms with Gasteiger partial charge >= 0.3 is 6.18 Å². The molecular formula is C11H11F4N5. The molecule has 0 bridgehead atoms. The number of halogens is 4. The normalized spacial score (nSPS) is 13.5. The molecule has 0 amide bonds. The summed E-state index contributed by atoms with van der Waals surface area (Å²) in [6.07, 6.45) is -4.65. The van der Waals surface area contributed by atoms with Crippen LogP contribution in [0, 0.1) is 5.82 Å². The quantitative estimate of drug-likeness (QED) is 0.872. The molecule has 2 aromatic rings. The highest BCUT2D eigenvalue weighted by molar-refractivity contribution is 5.29. The smallest absolute Gasteiger partial charge is 0.324 e. The van der Waals surface area contributed by atoms with E-state index in [0.29, 0.717) is 11.9 Å². The van der Waals surface area contributed by atoms with Gasteiger partial charge in [0.1, 0.15) is 5.82 Å². The van der Waals surface area contributed by atoms with Crippen molar-refractivity contribution in [3.63, 3.8) is 0 Å². The highest BCUT2D eigenvalue weighted by Gasteiger charge is 2.34. The lowest BCUT2D eigenvalue weighted by Gasteiger charge is -2.13. The fourth-order valence-corrected chi connectivity index (χ4v) is 1.71. The SMILES string of the molecule is Cn1nnc(CC(N)c2ccc(F)c(C(F)(F)F)c2)n1. The Hall–Kier alpha value is -2.03. The molecule has 0 radical (unpaired) electrons. The topological polar surface area (TPSA) is 69.6 Å². The van der Waals surface area contributed by atoms with Crippen LogP contribution in [0.2, 0.25) is 0 Å². The first kappa shape index (κ1) is 14.4. The summed E-state index contributed by atoms with van der Waals surface area (Å²) in [6.45, 7) is 0. The minimum Gasteiger partial charge on any atom is -0.324 e. The molecule has 0 aliphatic heterocycles. The minimum absolute atomic E-state index is 0.108. The van der Waals surface area contributed by atoms with Crippen LogP contribution in [-0.2, 0) is 19.6 Å². The molecule has 20 heavy (non-hydrogen) atoms. The van der Waals surface area contributed by atoms with E-state index in [4.69, 9.17) is 5.73 Å². The van der Waals surface area contributed by atoms with Crippen LogP contribution in [-0.4, -0.2) is 20.2 Å². The molecule has 1 aromatic carbocycles. The first-order valence-corrected chi connectivity index (χ1v) is 5.62. The third kappa shape index (κ3) is 3.10. The van der Waals surface area contributed by atoms with E-state index in [1.165, 1.54) is 10.9 Å². The van der Waals surface area contributed by atoms with Gasteiger partial charge in [-0.2, -0.15) is 18.0 Å². The van der Waals surface area contributed by atoms with E-state index in [1.54, 1.807) is 7.05 Å². The van der Waals surface area contributed by atoms with Crippen LogP contribution in [0.1, 0.15) is 23.0 Å². The largest absolute Gasteiger partial charge is 0.419 e. The summed E-state index contributed by atoms with van der Waals surface area (Å²) in [4.78, 5) is 1.22. The zero-order chi connectivity index (χ0) is 14.9. The Kier molecular flexibility index (Phi) is 3.71. The lowest BCUT2D eigenvalue weighted by atomic mass is 10.0. The van der Waals surface area contributed by atoms with E-state index in [-0.39, 0.29) is 12.0 Å². The lowest BCUT2D eigenvalue weighted by molar-refractivity contribution is -0.140. The van der Waals surface area contributed by atoms with Crippen molar-refractivity contribution in [3.8, 4) is 0 Å². The summed E-state index contributed by atoms with van der Waals surface area (Å²) in [7, 11) is 1.56. The number of aromatic nitrogens is 4. The molecule has 2 rings (SSSR count). The number of rotatable bonds is 3. The summed E-state index contributed by atoms with van der Waals surface area (Å²) in [5.74, 6) is -1.02. The standard InChI is InChI=1S/C11H11F4N5/c1-20-18-10(17-19-20)5-9(16)6-2-3-8(12)7(4-6)11(13,14)15/h2-4,9H,5,16H2,1H3. The van der Waals surface area contributed by atoms with Crippen LogP contribution >= 0.6 is 0 Å². The van der Waals surface area contributed by atoms with Crippen molar-refractivity contribution in [2.45, 2.75) is 18.6 Å². The number of tetrazole rings is 1. The summed E-state index contributed by atoms with van der Waals surface area (Å²) in [5.41, 5.74) is 4.61. The molecule has 0 fully saturated rings.